The van der Waals surface area contributed by atoms with Crippen LogP contribution in [0.1, 0.15) is 38.3 Å². The van der Waals surface area contributed by atoms with E-state index in [4.69, 9.17) is 0 Å². The van der Waals surface area contributed by atoms with Crippen LogP contribution in [0.2, 0.25) is 0 Å². The summed E-state index contributed by atoms with van der Waals surface area (Å²) in [4.78, 5) is 11.3. The fourth-order valence-corrected chi connectivity index (χ4v) is 1.38. The van der Waals surface area contributed by atoms with Crippen LogP contribution in [0.5, 0.6) is 0 Å². The predicted molar refractivity (Wildman–Crippen MR) is 57.9 cm³/mol. The van der Waals surface area contributed by atoms with Crippen LogP contribution in [-0.4, -0.2) is 5.91 Å². The lowest BCUT2D eigenvalue weighted by Crippen LogP contribution is -2.26. The van der Waals surface area contributed by atoms with Gasteiger partial charge in [-0.05, 0) is 31.0 Å². The minimum atomic E-state index is -0.258. The van der Waals surface area contributed by atoms with Gasteiger partial charge in [0.2, 0.25) is 5.91 Å². The second-order valence-corrected chi connectivity index (χ2v) is 3.59. The lowest BCUT2D eigenvalue weighted by molar-refractivity contribution is -0.121. The average molecular weight is 209 g/mol. The fraction of sp³-hybridized carbons (Fsp3) is 0.417. The summed E-state index contributed by atoms with van der Waals surface area (Å²) in [5.41, 5.74) is 0.917. The molecule has 1 aromatic rings. The van der Waals surface area contributed by atoms with Gasteiger partial charge >= 0.3 is 0 Å². The molecule has 1 atom stereocenters. The van der Waals surface area contributed by atoms with Crippen LogP contribution in [0.25, 0.3) is 0 Å². The summed E-state index contributed by atoms with van der Waals surface area (Å²) in [7, 11) is 0. The largest absolute Gasteiger partial charge is 0.350 e. The standard InChI is InChI=1S/C12H16FNO/c1-3-4-12(15)14-9(2)10-5-7-11(13)8-6-10/h5-9H,3-4H2,1-2H3,(H,14,15). The van der Waals surface area contributed by atoms with Crippen molar-refractivity contribution in [2.24, 2.45) is 0 Å². The first-order valence-electron chi connectivity index (χ1n) is 5.18. The molecular weight excluding hydrogens is 193 g/mol. The summed E-state index contributed by atoms with van der Waals surface area (Å²) < 4.78 is 12.6. The number of nitrogens with one attached hydrogen (secondary N) is 1. The van der Waals surface area contributed by atoms with Crippen LogP contribution in [0.3, 0.4) is 0 Å². The van der Waals surface area contributed by atoms with Crippen molar-refractivity contribution >= 4 is 5.91 Å². The summed E-state index contributed by atoms with van der Waals surface area (Å²) in [5.74, 6) is -0.222. The summed E-state index contributed by atoms with van der Waals surface area (Å²) in [6, 6.07) is 6.11. The van der Waals surface area contributed by atoms with Crippen LogP contribution in [0, 0.1) is 5.82 Å². The second kappa shape index (κ2) is 5.49. The van der Waals surface area contributed by atoms with Crippen molar-refractivity contribution in [3.05, 3.63) is 35.6 Å². The van der Waals surface area contributed by atoms with Gasteiger partial charge in [0.25, 0.3) is 0 Å². The Labute approximate surface area is 89.5 Å². The van der Waals surface area contributed by atoms with E-state index in [1.807, 2.05) is 13.8 Å². The number of carbonyl (C=O) groups excluding carboxylic acids is 1. The molecule has 1 amide bonds. The molecule has 15 heavy (non-hydrogen) atoms. The van der Waals surface area contributed by atoms with Crippen molar-refractivity contribution in [1.29, 1.82) is 0 Å². The first kappa shape index (κ1) is 11.7. The highest BCUT2D eigenvalue weighted by Gasteiger charge is 2.08. The average Bonchev–Trinajstić information content (AvgIpc) is 2.18. The minimum absolute atomic E-state index is 0.0364. The smallest absolute Gasteiger partial charge is 0.220 e. The third-order valence-electron chi connectivity index (χ3n) is 2.22. The van der Waals surface area contributed by atoms with E-state index in [0.717, 1.165) is 12.0 Å². The number of carbonyl (C=O) groups is 1. The summed E-state index contributed by atoms with van der Waals surface area (Å²) in [6.07, 6.45) is 1.37. The van der Waals surface area contributed by atoms with E-state index in [2.05, 4.69) is 5.32 Å². The molecule has 0 bridgehead atoms. The molecule has 0 saturated heterocycles. The van der Waals surface area contributed by atoms with Crippen molar-refractivity contribution in [2.75, 3.05) is 0 Å². The van der Waals surface area contributed by atoms with E-state index in [0.29, 0.717) is 6.42 Å². The molecule has 1 aromatic carbocycles. The number of halogens is 1. The molecule has 0 aliphatic heterocycles. The van der Waals surface area contributed by atoms with Crippen LogP contribution < -0.4 is 5.32 Å². The maximum Gasteiger partial charge on any atom is 0.220 e. The highest BCUT2D eigenvalue weighted by molar-refractivity contribution is 5.76. The molecule has 0 fully saturated rings. The van der Waals surface area contributed by atoms with Gasteiger partial charge in [0.05, 0.1) is 6.04 Å². The maximum absolute atomic E-state index is 12.6. The number of hydrogen-bond donors (Lipinski definition) is 1. The molecule has 82 valence electrons. The number of hydrogen-bond acceptors (Lipinski definition) is 1. The Hall–Kier alpha value is -1.38. The van der Waals surface area contributed by atoms with Gasteiger partial charge in [-0.1, -0.05) is 19.1 Å². The van der Waals surface area contributed by atoms with Crippen molar-refractivity contribution < 1.29 is 9.18 Å². The molecule has 1 unspecified atom stereocenters. The molecule has 0 aliphatic rings. The van der Waals surface area contributed by atoms with E-state index < -0.39 is 0 Å². The lowest BCUT2D eigenvalue weighted by Gasteiger charge is -2.13. The van der Waals surface area contributed by atoms with Gasteiger partial charge in [-0.2, -0.15) is 0 Å². The molecule has 0 radical (unpaired) electrons. The first-order valence-corrected chi connectivity index (χ1v) is 5.18. The van der Waals surface area contributed by atoms with Gasteiger partial charge in [0, 0.05) is 6.42 Å². The Morgan fingerprint density at radius 2 is 2.00 bits per heavy atom. The molecular formula is C12H16FNO. The topological polar surface area (TPSA) is 29.1 Å². The Bertz CT molecular complexity index is 321. The Kier molecular flexibility index (Phi) is 4.28. The lowest BCUT2D eigenvalue weighted by atomic mass is 10.1. The monoisotopic (exact) mass is 209 g/mol. The van der Waals surface area contributed by atoms with E-state index in [-0.39, 0.29) is 17.8 Å². The molecule has 1 N–H and O–H groups in total. The second-order valence-electron chi connectivity index (χ2n) is 3.59. The summed E-state index contributed by atoms with van der Waals surface area (Å²) in [5, 5.41) is 2.86. The molecule has 0 saturated carbocycles. The Morgan fingerprint density at radius 1 is 1.40 bits per heavy atom. The van der Waals surface area contributed by atoms with E-state index >= 15 is 0 Å². The Morgan fingerprint density at radius 3 is 2.53 bits per heavy atom. The van der Waals surface area contributed by atoms with Crippen LogP contribution in [-0.2, 0) is 4.79 Å². The van der Waals surface area contributed by atoms with Crippen molar-refractivity contribution in [2.45, 2.75) is 32.7 Å². The number of amides is 1. The molecule has 0 heterocycles. The van der Waals surface area contributed by atoms with Gasteiger partial charge in [0.15, 0.2) is 0 Å². The number of benzene rings is 1. The van der Waals surface area contributed by atoms with Gasteiger partial charge in [-0.25, -0.2) is 4.39 Å². The normalized spacial score (nSPS) is 12.2. The molecule has 2 nitrogen and oxygen atoms in total. The summed E-state index contributed by atoms with van der Waals surface area (Å²) in [6.45, 7) is 3.85. The van der Waals surface area contributed by atoms with E-state index in [9.17, 15) is 9.18 Å². The molecule has 3 heteroatoms. The van der Waals surface area contributed by atoms with Crippen molar-refractivity contribution in [3.8, 4) is 0 Å². The zero-order valence-corrected chi connectivity index (χ0v) is 9.09. The van der Waals surface area contributed by atoms with Crippen LogP contribution in [0.4, 0.5) is 4.39 Å². The molecule has 1 rings (SSSR count). The van der Waals surface area contributed by atoms with Gasteiger partial charge < -0.3 is 5.32 Å². The minimum Gasteiger partial charge on any atom is -0.350 e. The highest BCUT2D eigenvalue weighted by Crippen LogP contribution is 2.12. The maximum atomic E-state index is 12.6. The van der Waals surface area contributed by atoms with Gasteiger partial charge in [-0.15, -0.1) is 0 Å². The first-order chi connectivity index (χ1) is 7.13. The van der Waals surface area contributed by atoms with Crippen LogP contribution >= 0.6 is 0 Å². The zero-order valence-electron chi connectivity index (χ0n) is 9.09. The number of rotatable bonds is 4. The van der Waals surface area contributed by atoms with Gasteiger partial charge in [-0.3, -0.25) is 4.79 Å². The quantitative estimate of drug-likeness (QED) is 0.811. The molecule has 0 aromatic heterocycles. The van der Waals surface area contributed by atoms with Gasteiger partial charge in [0.1, 0.15) is 5.82 Å². The van der Waals surface area contributed by atoms with Crippen molar-refractivity contribution in [3.63, 3.8) is 0 Å². The Balaban J connectivity index is 2.57. The van der Waals surface area contributed by atoms with E-state index in [1.165, 1.54) is 12.1 Å². The summed E-state index contributed by atoms with van der Waals surface area (Å²) >= 11 is 0. The van der Waals surface area contributed by atoms with Crippen LogP contribution in [0.15, 0.2) is 24.3 Å². The fourth-order valence-electron chi connectivity index (χ4n) is 1.38. The SMILES string of the molecule is CCCC(=O)NC(C)c1ccc(F)cc1. The van der Waals surface area contributed by atoms with E-state index in [1.54, 1.807) is 12.1 Å². The third-order valence-corrected chi connectivity index (χ3v) is 2.22. The molecule has 0 spiro atoms. The van der Waals surface area contributed by atoms with Crippen molar-refractivity contribution in [1.82, 2.24) is 5.32 Å². The third kappa shape index (κ3) is 3.70. The predicted octanol–water partition coefficient (Wildman–Crippen LogP) is 2.80. The zero-order chi connectivity index (χ0) is 11.3. The highest BCUT2D eigenvalue weighted by atomic mass is 19.1. The molecule has 0 aliphatic carbocycles.